The molecule has 1 fully saturated rings. The van der Waals surface area contributed by atoms with Crippen LogP contribution in [0.3, 0.4) is 0 Å². The molecule has 24 heavy (non-hydrogen) atoms. The molecule has 0 saturated carbocycles. The van der Waals surface area contributed by atoms with Crippen LogP contribution in [0.25, 0.3) is 0 Å². The Bertz CT molecular complexity index is 861. The molecule has 0 atom stereocenters. The number of hydrogen-bond acceptors (Lipinski definition) is 4. The van der Waals surface area contributed by atoms with Crippen molar-refractivity contribution in [3.63, 3.8) is 0 Å². The van der Waals surface area contributed by atoms with Crippen LogP contribution in [0, 0.1) is 0 Å². The number of amides is 1. The summed E-state index contributed by atoms with van der Waals surface area (Å²) in [5, 5.41) is 0.505. The molecule has 2 heterocycles. The molecule has 1 aliphatic rings. The molecule has 0 unspecified atom stereocenters. The van der Waals surface area contributed by atoms with E-state index in [1.54, 1.807) is 41.3 Å². The molecule has 0 radical (unpaired) electrons. The number of nitrogens with zero attached hydrogens (tertiary/aromatic N) is 2. The number of halogens is 2. The molecule has 128 valence electrons. The molecule has 1 saturated heterocycles. The van der Waals surface area contributed by atoms with E-state index in [1.807, 2.05) is 0 Å². The maximum Gasteiger partial charge on any atom is 0.253 e. The van der Waals surface area contributed by atoms with Crippen molar-refractivity contribution >= 4 is 54.8 Å². The summed E-state index contributed by atoms with van der Waals surface area (Å²) < 4.78 is 27.7. The molecule has 5 nitrogen and oxygen atoms in total. The van der Waals surface area contributed by atoms with Gasteiger partial charge in [-0.1, -0.05) is 17.7 Å². The van der Waals surface area contributed by atoms with E-state index in [1.165, 1.54) is 15.6 Å². The van der Waals surface area contributed by atoms with Crippen LogP contribution in [0.1, 0.15) is 10.4 Å². The summed E-state index contributed by atoms with van der Waals surface area (Å²) >= 11 is 10.4. The van der Waals surface area contributed by atoms with Gasteiger partial charge >= 0.3 is 0 Å². The summed E-state index contributed by atoms with van der Waals surface area (Å²) in [6, 6.07) is 10.1. The fraction of sp³-hybridized carbons (Fsp3) is 0.267. The van der Waals surface area contributed by atoms with Crippen LogP contribution in [0.5, 0.6) is 0 Å². The van der Waals surface area contributed by atoms with Crippen molar-refractivity contribution in [1.82, 2.24) is 9.21 Å². The molecular formula is C15H14BrClN2O3S2. The van der Waals surface area contributed by atoms with Gasteiger partial charge in [-0.2, -0.15) is 4.31 Å². The van der Waals surface area contributed by atoms with Crippen LogP contribution in [0.15, 0.2) is 44.4 Å². The van der Waals surface area contributed by atoms with Gasteiger partial charge in [-0.3, -0.25) is 4.79 Å². The SMILES string of the molecule is O=C(c1cccc(Cl)c1)N1CCN(S(=O)(=O)c2ccc(Br)s2)CC1. The average molecular weight is 450 g/mol. The van der Waals surface area contributed by atoms with E-state index >= 15 is 0 Å². The number of carbonyl (C=O) groups excluding carboxylic acids is 1. The second-order valence-corrected chi connectivity index (χ2v) is 10.3. The topological polar surface area (TPSA) is 57.7 Å². The Balaban J connectivity index is 1.68. The lowest BCUT2D eigenvalue weighted by Crippen LogP contribution is -2.50. The lowest BCUT2D eigenvalue weighted by molar-refractivity contribution is 0.0698. The van der Waals surface area contributed by atoms with E-state index in [-0.39, 0.29) is 19.0 Å². The van der Waals surface area contributed by atoms with Gasteiger partial charge in [0.25, 0.3) is 15.9 Å². The Hall–Kier alpha value is -0.930. The highest BCUT2D eigenvalue weighted by Gasteiger charge is 2.31. The molecule has 1 aliphatic heterocycles. The lowest BCUT2D eigenvalue weighted by Gasteiger charge is -2.33. The van der Waals surface area contributed by atoms with Crippen molar-refractivity contribution in [2.24, 2.45) is 0 Å². The van der Waals surface area contributed by atoms with Gasteiger partial charge in [-0.15, -0.1) is 11.3 Å². The smallest absolute Gasteiger partial charge is 0.253 e. The Morgan fingerprint density at radius 2 is 1.83 bits per heavy atom. The fourth-order valence-electron chi connectivity index (χ4n) is 2.50. The van der Waals surface area contributed by atoms with Gasteiger partial charge in [-0.05, 0) is 46.3 Å². The predicted octanol–water partition coefficient (Wildman–Crippen LogP) is 3.31. The standard InChI is InChI=1S/C15H14BrClN2O3S2/c16-13-4-5-14(23-13)24(21,22)19-8-6-18(7-9-19)15(20)11-2-1-3-12(17)10-11/h1-5,10H,6-9H2. The first kappa shape index (κ1) is 17.9. The monoisotopic (exact) mass is 448 g/mol. The van der Waals surface area contributed by atoms with E-state index in [9.17, 15) is 13.2 Å². The molecule has 0 spiro atoms. The van der Waals surface area contributed by atoms with Crippen molar-refractivity contribution in [1.29, 1.82) is 0 Å². The third-order valence-electron chi connectivity index (χ3n) is 3.74. The average Bonchev–Trinajstić information content (AvgIpc) is 3.01. The number of rotatable bonds is 3. The molecule has 9 heteroatoms. The van der Waals surface area contributed by atoms with Gasteiger partial charge in [0.2, 0.25) is 0 Å². The van der Waals surface area contributed by atoms with Crippen LogP contribution >= 0.6 is 38.9 Å². The highest BCUT2D eigenvalue weighted by atomic mass is 79.9. The van der Waals surface area contributed by atoms with E-state index in [0.717, 1.165) is 3.79 Å². The molecule has 1 aromatic carbocycles. The Kier molecular flexibility index (Phi) is 5.31. The molecular weight excluding hydrogens is 436 g/mol. The quantitative estimate of drug-likeness (QED) is 0.722. The molecule has 3 rings (SSSR count). The van der Waals surface area contributed by atoms with Crippen molar-refractivity contribution in [3.05, 3.63) is 50.8 Å². The first-order chi connectivity index (χ1) is 11.4. The minimum atomic E-state index is -3.50. The van der Waals surface area contributed by atoms with Gasteiger partial charge in [0, 0.05) is 36.8 Å². The summed E-state index contributed by atoms with van der Waals surface area (Å²) in [7, 11) is -3.50. The Labute approximate surface area is 158 Å². The zero-order valence-electron chi connectivity index (χ0n) is 12.5. The van der Waals surface area contributed by atoms with Crippen molar-refractivity contribution in [2.75, 3.05) is 26.2 Å². The summed E-state index contributed by atoms with van der Waals surface area (Å²) in [5.41, 5.74) is 0.515. The Morgan fingerprint density at radius 1 is 1.12 bits per heavy atom. The third-order valence-corrected chi connectivity index (χ3v) is 7.96. The molecule has 0 bridgehead atoms. The van der Waals surface area contributed by atoms with Gasteiger partial charge in [0.1, 0.15) is 4.21 Å². The molecule has 0 N–H and O–H groups in total. The predicted molar refractivity (Wildman–Crippen MR) is 98.1 cm³/mol. The summed E-state index contributed by atoms with van der Waals surface area (Å²) in [6.07, 6.45) is 0. The van der Waals surface area contributed by atoms with E-state index in [4.69, 9.17) is 11.6 Å². The first-order valence-corrected chi connectivity index (χ1v) is 10.6. The Morgan fingerprint density at radius 3 is 2.42 bits per heavy atom. The van der Waals surface area contributed by atoms with Crippen LogP contribution in [0.4, 0.5) is 0 Å². The van der Waals surface area contributed by atoms with E-state index < -0.39 is 10.0 Å². The minimum Gasteiger partial charge on any atom is -0.336 e. The second-order valence-electron chi connectivity index (χ2n) is 5.27. The number of sulfonamides is 1. The van der Waals surface area contributed by atoms with Crippen molar-refractivity contribution < 1.29 is 13.2 Å². The van der Waals surface area contributed by atoms with Gasteiger partial charge < -0.3 is 4.90 Å². The van der Waals surface area contributed by atoms with Crippen molar-refractivity contribution in [2.45, 2.75) is 4.21 Å². The summed E-state index contributed by atoms with van der Waals surface area (Å²) in [4.78, 5) is 14.1. The normalized spacial score (nSPS) is 16.3. The van der Waals surface area contributed by atoms with Gasteiger partial charge in [0.05, 0.1) is 3.79 Å². The van der Waals surface area contributed by atoms with Crippen molar-refractivity contribution in [3.8, 4) is 0 Å². The number of thiophene rings is 1. The maximum absolute atomic E-state index is 12.6. The maximum atomic E-state index is 12.6. The number of carbonyl (C=O) groups is 1. The number of benzene rings is 1. The second kappa shape index (κ2) is 7.13. The van der Waals surface area contributed by atoms with Crippen LogP contribution in [-0.2, 0) is 10.0 Å². The van der Waals surface area contributed by atoms with Crippen LogP contribution in [0.2, 0.25) is 5.02 Å². The van der Waals surface area contributed by atoms with Crippen LogP contribution in [-0.4, -0.2) is 49.7 Å². The third kappa shape index (κ3) is 3.67. The zero-order chi connectivity index (χ0) is 17.3. The molecule has 2 aromatic rings. The summed E-state index contributed by atoms with van der Waals surface area (Å²) in [5.74, 6) is -0.131. The highest BCUT2D eigenvalue weighted by Crippen LogP contribution is 2.29. The minimum absolute atomic E-state index is 0.131. The van der Waals surface area contributed by atoms with Crippen LogP contribution < -0.4 is 0 Å². The van der Waals surface area contributed by atoms with E-state index in [0.29, 0.717) is 27.9 Å². The number of piperazine rings is 1. The van der Waals surface area contributed by atoms with Gasteiger partial charge in [-0.25, -0.2) is 8.42 Å². The highest BCUT2D eigenvalue weighted by molar-refractivity contribution is 9.11. The van der Waals surface area contributed by atoms with E-state index in [2.05, 4.69) is 15.9 Å². The lowest BCUT2D eigenvalue weighted by atomic mass is 10.2. The molecule has 0 aliphatic carbocycles. The number of hydrogen-bond donors (Lipinski definition) is 0. The largest absolute Gasteiger partial charge is 0.336 e. The zero-order valence-corrected chi connectivity index (χ0v) is 16.5. The molecule has 1 amide bonds. The molecule has 1 aromatic heterocycles. The fourth-order valence-corrected chi connectivity index (χ4v) is 6.28. The first-order valence-electron chi connectivity index (χ1n) is 7.18. The summed E-state index contributed by atoms with van der Waals surface area (Å²) in [6.45, 7) is 1.28. The van der Waals surface area contributed by atoms with Gasteiger partial charge in [0.15, 0.2) is 0 Å².